The van der Waals surface area contributed by atoms with Crippen LogP contribution < -0.4 is 11.1 Å². The van der Waals surface area contributed by atoms with Crippen molar-refractivity contribution in [2.24, 2.45) is 23.0 Å². The minimum Gasteiger partial charge on any atom is -0.353 e. The Hall–Kier alpha value is -1.68. The Morgan fingerprint density at radius 2 is 1.89 bits per heavy atom. The molecule has 3 N–H and O–H groups in total. The van der Waals surface area contributed by atoms with E-state index in [-0.39, 0.29) is 34.6 Å². The van der Waals surface area contributed by atoms with Gasteiger partial charge in [-0.05, 0) is 69.3 Å². The van der Waals surface area contributed by atoms with Crippen LogP contribution in [0.25, 0.3) is 0 Å². The highest BCUT2D eigenvalue weighted by Gasteiger charge is 2.50. The number of aryl methyl sites for hydroxylation is 1. The van der Waals surface area contributed by atoms with Crippen LogP contribution in [0.3, 0.4) is 0 Å². The van der Waals surface area contributed by atoms with Crippen molar-refractivity contribution in [3.63, 3.8) is 0 Å². The number of carbonyl (C=O) groups excluding carboxylic acids is 2. The normalized spacial score (nSPS) is 31.7. The minimum atomic E-state index is -0.167. The van der Waals surface area contributed by atoms with Gasteiger partial charge in [-0.15, -0.1) is 0 Å². The van der Waals surface area contributed by atoms with Crippen LogP contribution in [-0.4, -0.2) is 23.3 Å². The van der Waals surface area contributed by atoms with Crippen molar-refractivity contribution < 1.29 is 9.59 Å². The van der Waals surface area contributed by atoms with Crippen LogP contribution in [0.5, 0.6) is 0 Å². The maximum Gasteiger partial charge on any atom is 0.220 e. The quantitative estimate of drug-likeness (QED) is 0.780. The van der Waals surface area contributed by atoms with Gasteiger partial charge in [0.25, 0.3) is 0 Å². The number of hydrogen-bond acceptors (Lipinski definition) is 3. The van der Waals surface area contributed by atoms with Crippen molar-refractivity contribution in [2.45, 2.75) is 84.2 Å². The molecule has 28 heavy (non-hydrogen) atoms. The summed E-state index contributed by atoms with van der Waals surface area (Å²) in [6, 6.07) is 8.81. The van der Waals surface area contributed by atoms with Gasteiger partial charge in [-0.3, -0.25) is 9.59 Å². The Balaban J connectivity index is 1.45. The van der Waals surface area contributed by atoms with E-state index < -0.39 is 0 Å². The van der Waals surface area contributed by atoms with Crippen LogP contribution >= 0.6 is 0 Å². The van der Waals surface area contributed by atoms with Gasteiger partial charge in [0.15, 0.2) is 0 Å². The van der Waals surface area contributed by atoms with Crippen LogP contribution in [0.4, 0.5) is 0 Å². The van der Waals surface area contributed by atoms with Crippen LogP contribution in [0, 0.1) is 24.2 Å². The Bertz CT molecular complexity index is 732. The van der Waals surface area contributed by atoms with E-state index in [0.717, 1.165) is 38.5 Å². The average Bonchev–Trinajstić information content (AvgIpc) is 2.60. The molecule has 0 aromatic heterocycles. The number of ketones is 1. The number of benzene rings is 1. The van der Waals surface area contributed by atoms with E-state index in [1.807, 2.05) is 0 Å². The summed E-state index contributed by atoms with van der Waals surface area (Å²) in [4.78, 5) is 24.2. The largest absolute Gasteiger partial charge is 0.353 e. The number of amides is 1. The van der Waals surface area contributed by atoms with Gasteiger partial charge in [-0.1, -0.05) is 43.7 Å². The Labute approximate surface area is 169 Å². The molecule has 2 aliphatic rings. The predicted octanol–water partition coefficient (Wildman–Crippen LogP) is 3.94. The van der Waals surface area contributed by atoms with E-state index in [4.69, 9.17) is 5.73 Å². The second kappa shape index (κ2) is 7.98. The summed E-state index contributed by atoms with van der Waals surface area (Å²) in [6.07, 6.45) is 6.04. The van der Waals surface area contributed by atoms with Gasteiger partial charge in [0, 0.05) is 23.9 Å². The summed E-state index contributed by atoms with van der Waals surface area (Å²) in [5, 5.41) is 3.23. The lowest BCUT2D eigenvalue weighted by Gasteiger charge is -2.51. The SMILES string of the molecule is CC(=O)C1CC(CC(=O)NC2CCC(N)(Cc3cccc(C)c3)CC2)C1(C)C. The van der Waals surface area contributed by atoms with E-state index in [1.54, 1.807) is 6.92 Å². The van der Waals surface area contributed by atoms with Crippen molar-refractivity contribution in [3.05, 3.63) is 35.4 Å². The standard InChI is InChI=1S/C24H36N2O2/c1-16-6-5-7-18(12-16)15-24(25)10-8-20(9-11-24)26-22(28)14-19-13-21(17(2)27)23(19,3)4/h5-7,12,19-21H,8-11,13-15,25H2,1-4H3,(H,26,28). The zero-order valence-electron chi connectivity index (χ0n) is 17.9. The van der Waals surface area contributed by atoms with Crippen LogP contribution in [0.2, 0.25) is 0 Å². The average molecular weight is 385 g/mol. The lowest BCUT2D eigenvalue weighted by atomic mass is 9.52. The van der Waals surface area contributed by atoms with Crippen molar-refractivity contribution in [2.75, 3.05) is 0 Å². The second-order valence-corrected chi connectivity index (χ2v) is 9.99. The summed E-state index contributed by atoms with van der Waals surface area (Å²) >= 11 is 0. The van der Waals surface area contributed by atoms with Crippen molar-refractivity contribution >= 4 is 11.7 Å². The van der Waals surface area contributed by atoms with Crippen molar-refractivity contribution in [1.82, 2.24) is 5.32 Å². The predicted molar refractivity (Wildman–Crippen MR) is 113 cm³/mol. The van der Waals surface area contributed by atoms with Crippen molar-refractivity contribution in [3.8, 4) is 0 Å². The first-order chi connectivity index (χ1) is 13.1. The molecule has 0 spiro atoms. The summed E-state index contributed by atoms with van der Waals surface area (Å²) in [5.74, 6) is 0.800. The molecular weight excluding hydrogens is 348 g/mol. The molecule has 2 aliphatic carbocycles. The lowest BCUT2D eigenvalue weighted by molar-refractivity contribution is -0.141. The van der Waals surface area contributed by atoms with Crippen LogP contribution in [0.15, 0.2) is 24.3 Å². The molecule has 0 aliphatic heterocycles. The van der Waals surface area contributed by atoms with Gasteiger partial charge in [0.2, 0.25) is 5.91 Å². The van der Waals surface area contributed by atoms with E-state index >= 15 is 0 Å². The molecule has 2 saturated carbocycles. The zero-order valence-corrected chi connectivity index (χ0v) is 17.9. The number of Topliss-reactive ketones (excluding diaryl/α,β-unsaturated/α-hetero) is 1. The topological polar surface area (TPSA) is 72.2 Å². The molecule has 4 nitrogen and oxygen atoms in total. The van der Waals surface area contributed by atoms with Crippen LogP contribution in [-0.2, 0) is 16.0 Å². The van der Waals surface area contributed by atoms with Gasteiger partial charge in [0.1, 0.15) is 5.78 Å². The third kappa shape index (κ3) is 4.65. The molecule has 0 radical (unpaired) electrons. The fourth-order valence-corrected chi connectivity index (χ4v) is 5.31. The Kier molecular flexibility index (Phi) is 6.00. The van der Waals surface area contributed by atoms with Crippen LogP contribution in [0.1, 0.15) is 70.4 Å². The summed E-state index contributed by atoms with van der Waals surface area (Å²) in [7, 11) is 0. The third-order valence-corrected chi connectivity index (χ3v) is 7.38. The first-order valence-corrected chi connectivity index (χ1v) is 10.7. The smallest absolute Gasteiger partial charge is 0.220 e. The zero-order chi connectivity index (χ0) is 20.5. The number of carbonyl (C=O) groups is 2. The molecule has 2 fully saturated rings. The lowest BCUT2D eigenvalue weighted by Crippen LogP contribution is -2.52. The summed E-state index contributed by atoms with van der Waals surface area (Å²) in [5.41, 5.74) is 9.03. The molecule has 0 heterocycles. The molecular formula is C24H36N2O2. The molecule has 2 atom stereocenters. The van der Waals surface area contributed by atoms with Gasteiger partial charge in [0.05, 0.1) is 0 Å². The first-order valence-electron chi connectivity index (χ1n) is 10.7. The van der Waals surface area contributed by atoms with Gasteiger partial charge >= 0.3 is 0 Å². The molecule has 0 bridgehead atoms. The summed E-state index contributed by atoms with van der Waals surface area (Å²) < 4.78 is 0. The molecule has 154 valence electrons. The molecule has 1 amide bonds. The number of nitrogens with one attached hydrogen (secondary N) is 1. The second-order valence-electron chi connectivity index (χ2n) is 9.99. The highest BCUT2D eigenvalue weighted by Crippen LogP contribution is 2.53. The minimum absolute atomic E-state index is 0.0596. The van der Waals surface area contributed by atoms with Gasteiger partial charge in [-0.2, -0.15) is 0 Å². The van der Waals surface area contributed by atoms with E-state index in [1.165, 1.54) is 11.1 Å². The Morgan fingerprint density at radius 1 is 1.21 bits per heavy atom. The highest BCUT2D eigenvalue weighted by atomic mass is 16.1. The summed E-state index contributed by atoms with van der Waals surface area (Å²) in [6.45, 7) is 8.02. The molecule has 3 rings (SSSR count). The van der Waals surface area contributed by atoms with Gasteiger partial charge < -0.3 is 11.1 Å². The monoisotopic (exact) mass is 384 g/mol. The molecule has 4 heteroatoms. The van der Waals surface area contributed by atoms with E-state index in [0.29, 0.717) is 12.3 Å². The van der Waals surface area contributed by atoms with Gasteiger partial charge in [-0.25, -0.2) is 0 Å². The molecule has 0 saturated heterocycles. The third-order valence-electron chi connectivity index (χ3n) is 7.38. The van der Waals surface area contributed by atoms with E-state index in [2.05, 4.69) is 50.4 Å². The maximum atomic E-state index is 12.5. The maximum absolute atomic E-state index is 12.5. The fraction of sp³-hybridized carbons (Fsp3) is 0.667. The molecule has 1 aromatic carbocycles. The van der Waals surface area contributed by atoms with E-state index in [9.17, 15) is 9.59 Å². The first kappa shape index (κ1) is 21.0. The fourth-order valence-electron chi connectivity index (χ4n) is 5.31. The Morgan fingerprint density at radius 3 is 2.46 bits per heavy atom. The highest BCUT2D eigenvalue weighted by molar-refractivity contribution is 5.81. The number of hydrogen-bond donors (Lipinski definition) is 2. The molecule has 1 aromatic rings. The molecule has 2 unspecified atom stereocenters. The number of rotatable bonds is 6. The van der Waals surface area contributed by atoms with Crippen molar-refractivity contribution in [1.29, 1.82) is 0 Å². The number of nitrogens with two attached hydrogens (primary N) is 1.